The molecule has 0 atom stereocenters. The summed E-state index contributed by atoms with van der Waals surface area (Å²) < 4.78 is 22.6. The highest BCUT2D eigenvalue weighted by molar-refractivity contribution is 7.91. The molecule has 1 aromatic rings. The highest BCUT2D eigenvalue weighted by Gasteiger charge is 2.07. The van der Waals surface area contributed by atoms with E-state index in [0.717, 1.165) is 5.69 Å². The molecule has 0 aliphatic carbocycles. The van der Waals surface area contributed by atoms with E-state index < -0.39 is 9.84 Å². The van der Waals surface area contributed by atoms with E-state index in [-0.39, 0.29) is 11.5 Å². The van der Waals surface area contributed by atoms with E-state index in [1.807, 2.05) is 6.92 Å². The molecule has 0 fully saturated rings. The molecule has 6 nitrogen and oxygen atoms in total. The average Bonchev–Trinajstić information content (AvgIpc) is 2.28. The van der Waals surface area contributed by atoms with Gasteiger partial charge in [-0.25, -0.2) is 13.4 Å². The highest BCUT2D eigenvalue weighted by Crippen LogP contribution is 2.08. The lowest BCUT2D eigenvalue weighted by atomic mass is 10.4. The van der Waals surface area contributed by atoms with E-state index in [4.69, 9.17) is 0 Å². The van der Waals surface area contributed by atoms with Crippen molar-refractivity contribution in [1.82, 2.24) is 9.97 Å². The summed E-state index contributed by atoms with van der Waals surface area (Å²) in [6.07, 6.45) is 0. The van der Waals surface area contributed by atoms with Gasteiger partial charge in [-0.2, -0.15) is 4.98 Å². The van der Waals surface area contributed by atoms with Gasteiger partial charge in [-0.1, -0.05) is 6.92 Å². The summed E-state index contributed by atoms with van der Waals surface area (Å²) in [4.78, 5) is 8.31. The summed E-state index contributed by atoms with van der Waals surface area (Å²) >= 11 is 0. The van der Waals surface area contributed by atoms with Gasteiger partial charge in [-0.3, -0.25) is 0 Å². The molecule has 96 valence electrons. The van der Waals surface area contributed by atoms with E-state index in [1.165, 1.54) is 0 Å². The number of rotatable bonds is 6. The van der Waals surface area contributed by atoms with Crippen LogP contribution in [0.3, 0.4) is 0 Å². The molecule has 0 amide bonds. The van der Waals surface area contributed by atoms with E-state index >= 15 is 0 Å². The van der Waals surface area contributed by atoms with Crippen LogP contribution in [-0.2, 0) is 9.84 Å². The number of nitrogens with one attached hydrogen (secondary N) is 2. The lowest BCUT2D eigenvalue weighted by Crippen LogP contribution is -2.18. The van der Waals surface area contributed by atoms with Crippen LogP contribution in [0.15, 0.2) is 6.07 Å². The van der Waals surface area contributed by atoms with Crippen molar-refractivity contribution in [2.45, 2.75) is 13.8 Å². The van der Waals surface area contributed by atoms with Crippen molar-refractivity contribution in [2.75, 3.05) is 35.7 Å². The summed E-state index contributed by atoms with van der Waals surface area (Å²) in [5, 5.41) is 5.83. The Morgan fingerprint density at radius 3 is 2.65 bits per heavy atom. The first-order valence-corrected chi connectivity index (χ1v) is 7.26. The lowest BCUT2D eigenvalue weighted by molar-refractivity contribution is 0.597. The molecule has 0 bridgehead atoms. The molecule has 17 heavy (non-hydrogen) atoms. The summed E-state index contributed by atoms with van der Waals surface area (Å²) in [5.41, 5.74) is 0.824. The van der Waals surface area contributed by atoms with Crippen LogP contribution in [0.4, 0.5) is 11.8 Å². The predicted octanol–water partition coefficient (Wildman–Crippen LogP) is 0.673. The summed E-state index contributed by atoms with van der Waals surface area (Å²) in [6.45, 7) is 3.86. The second kappa shape index (κ2) is 5.81. The Kier molecular flexibility index (Phi) is 4.68. The first-order chi connectivity index (χ1) is 7.96. The van der Waals surface area contributed by atoms with Gasteiger partial charge in [0.2, 0.25) is 5.95 Å². The molecule has 0 aromatic carbocycles. The second-order valence-corrected chi connectivity index (χ2v) is 6.10. The quantitative estimate of drug-likeness (QED) is 0.780. The summed E-state index contributed by atoms with van der Waals surface area (Å²) in [6, 6.07) is 1.78. The smallest absolute Gasteiger partial charge is 0.224 e. The van der Waals surface area contributed by atoms with Gasteiger partial charge in [0.1, 0.15) is 5.82 Å². The highest BCUT2D eigenvalue weighted by atomic mass is 32.2. The molecule has 0 radical (unpaired) electrons. The first-order valence-electron chi connectivity index (χ1n) is 5.44. The largest absolute Gasteiger partial charge is 0.369 e. The van der Waals surface area contributed by atoms with Gasteiger partial charge >= 0.3 is 0 Å². The Morgan fingerprint density at radius 1 is 1.35 bits per heavy atom. The van der Waals surface area contributed by atoms with Crippen LogP contribution in [0.1, 0.15) is 12.6 Å². The Hall–Kier alpha value is -1.37. The summed E-state index contributed by atoms with van der Waals surface area (Å²) in [7, 11) is -1.20. The molecule has 0 saturated heterocycles. The maximum absolute atomic E-state index is 11.3. The van der Waals surface area contributed by atoms with Crippen molar-refractivity contribution >= 4 is 21.6 Å². The number of sulfone groups is 1. The number of hydrogen-bond acceptors (Lipinski definition) is 6. The third-order valence-electron chi connectivity index (χ3n) is 2.24. The molecule has 0 aliphatic heterocycles. The van der Waals surface area contributed by atoms with E-state index in [2.05, 4.69) is 20.6 Å². The van der Waals surface area contributed by atoms with Gasteiger partial charge in [-0.05, 0) is 6.92 Å². The Labute approximate surface area is 102 Å². The molecule has 7 heteroatoms. The van der Waals surface area contributed by atoms with Crippen molar-refractivity contribution in [2.24, 2.45) is 0 Å². The van der Waals surface area contributed by atoms with Gasteiger partial charge in [0.15, 0.2) is 9.84 Å². The maximum atomic E-state index is 11.3. The van der Waals surface area contributed by atoms with Gasteiger partial charge in [0.25, 0.3) is 0 Å². The molecule has 1 aromatic heterocycles. The number of aromatic nitrogens is 2. The van der Waals surface area contributed by atoms with Crippen molar-refractivity contribution in [3.8, 4) is 0 Å². The van der Waals surface area contributed by atoms with Crippen molar-refractivity contribution in [3.05, 3.63) is 11.8 Å². The van der Waals surface area contributed by atoms with Crippen LogP contribution >= 0.6 is 0 Å². The van der Waals surface area contributed by atoms with E-state index in [0.29, 0.717) is 18.3 Å². The van der Waals surface area contributed by atoms with Crippen LogP contribution in [0.2, 0.25) is 0 Å². The van der Waals surface area contributed by atoms with Crippen molar-refractivity contribution in [3.63, 3.8) is 0 Å². The van der Waals surface area contributed by atoms with Crippen molar-refractivity contribution in [1.29, 1.82) is 0 Å². The lowest BCUT2D eigenvalue weighted by Gasteiger charge is -2.08. The van der Waals surface area contributed by atoms with E-state index in [9.17, 15) is 8.42 Å². The molecule has 0 aliphatic rings. The number of nitrogens with zero attached hydrogens (tertiary/aromatic N) is 2. The molecule has 1 heterocycles. The minimum Gasteiger partial charge on any atom is -0.369 e. The normalized spacial score (nSPS) is 11.2. The number of hydrogen-bond donors (Lipinski definition) is 2. The SMILES string of the molecule is CCS(=O)(=O)CCNc1cc(C)nc(NC)n1. The van der Waals surface area contributed by atoms with Crippen LogP contribution < -0.4 is 10.6 Å². The van der Waals surface area contributed by atoms with Gasteiger partial charge < -0.3 is 10.6 Å². The fourth-order valence-electron chi connectivity index (χ4n) is 1.25. The third-order valence-corrected chi connectivity index (χ3v) is 3.94. The van der Waals surface area contributed by atoms with E-state index in [1.54, 1.807) is 20.0 Å². The van der Waals surface area contributed by atoms with Crippen LogP contribution in [0.25, 0.3) is 0 Å². The maximum Gasteiger partial charge on any atom is 0.224 e. The molecule has 2 N–H and O–H groups in total. The standard InChI is InChI=1S/C10H18N4O2S/c1-4-17(15,16)6-5-12-9-7-8(2)13-10(11-3)14-9/h7H,4-6H2,1-3H3,(H2,11,12,13,14). The van der Waals surface area contributed by atoms with Crippen LogP contribution in [0.5, 0.6) is 0 Å². The topological polar surface area (TPSA) is 84.0 Å². The van der Waals surface area contributed by atoms with Crippen LogP contribution in [0, 0.1) is 6.92 Å². The zero-order valence-electron chi connectivity index (χ0n) is 10.3. The average molecular weight is 258 g/mol. The minimum atomic E-state index is -2.94. The number of aryl methyl sites for hydroxylation is 1. The Balaban J connectivity index is 2.61. The zero-order chi connectivity index (χ0) is 12.9. The summed E-state index contributed by atoms with van der Waals surface area (Å²) in [5.74, 6) is 1.43. The van der Waals surface area contributed by atoms with Crippen molar-refractivity contribution < 1.29 is 8.42 Å². The molecule has 0 spiro atoms. The third kappa shape index (κ3) is 4.56. The molecular weight excluding hydrogens is 240 g/mol. The van der Waals surface area contributed by atoms with Gasteiger partial charge in [0.05, 0.1) is 5.75 Å². The molecular formula is C10H18N4O2S. The second-order valence-electron chi connectivity index (χ2n) is 3.63. The monoisotopic (exact) mass is 258 g/mol. The Morgan fingerprint density at radius 2 is 2.06 bits per heavy atom. The fraction of sp³-hybridized carbons (Fsp3) is 0.600. The Bertz CT molecular complexity index is 473. The van der Waals surface area contributed by atoms with Gasteiger partial charge in [-0.15, -0.1) is 0 Å². The minimum absolute atomic E-state index is 0.113. The molecule has 0 saturated carbocycles. The van der Waals surface area contributed by atoms with Gasteiger partial charge in [0, 0.05) is 31.1 Å². The molecule has 1 rings (SSSR count). The zero-order valence-corrected chi connectivity index (χ0v) is 11.1. The number of anilines is 2. The van der Waals surface area contributed by atoms with Crippen LogP contribution in [-0.4, -0.2) is 43.5 Å². The molecule has 0 unspecified atom stereocenters. The first kappa shape index (κ1) is 13.7. The predicted molar refractivity (Wildman–Crippen MR) is 69.1 cm³/mol. The fourth-order valence-corrected chi connectivity index (χ4v) is 1.95.